The maximum absolute atomic E-state index is 10.5. The Bertz CT molecular complexity index is 534. The maximum atomic E-state index is 10.5. The van der Waals surface area contributed by atoms with Crippen LogP contribution in [0.2, 0.25) is 0 Å². The molecule has 2 rings (SSSR count). The minimum atomic E-state index is -0.836. The molecule has 88 valence electrons. The molecule has 0 fully saturated rings. The van der Waals surface area contributed by atoms with Crippen molar-refractivity contribution in [3.63, 3.8) is 0 Å². The monoisotopic (exact) mass is 247 g/mol. The Morgan fingerprint density at radius 2 is 2.29 bits per heavy atom. The number of thiazole rings is 1. The van der Waals surface area contributed by atoms with Gasteiger partial charge in [0.2, 0.25) is 0 Å². The number of hydrogen-bond acceptors (Lipinski definition) is 3. The van der Waals surface area contributed by atoms with Crippen molar-refractivity contribution in [2.45, 2.75) is 19.8 Å². The van der Waals surface area contributed by atoms with Gasteiger partial charge in [0.1, 0.15) is 0 Å². The van der Waals surface area contributed by atoms with Gasteiger partial charge in [-0.1, -0.05) is 29.8 Å². The highest BCUT2D eigenvalue weighted by atomic mass is 32.1. The van der Waals surface area contributed by atoms with E-state index in [2.05, 4.69) is 30.1 Å². The van der Waals surface area contributed by atoms with Crippen LogP contribution in [0.25, 0.3) is 0 Å². The lowest BCUT2D eigenvalue weighted by molar-refractivity contribution is -0.136. The second-order valence-electron chi connectivity index (χ2n) is 3.97. The topological polar surface area (TPSA) is 50.2 Å². The molecule has 0 aliphatic carbocycles. The van der Waals surface area contributed by atoms with Crippen molar-refractivity contribution in [3.05, 3.63) is 51.5 Å². The third-order valence-corrected chi connectivity index (χ3v) is 3.27. The van der Waals surface area contributed by atoms with Crippen LogP contribution in [-0.4, -0.2) is 16.1 Å². The molecule has 1 N–H and O–H groups in total. The molecule has 0 radical (unpaired) electrons. The number of benzene rings is 1. The van der Waals surface area contributed by atoms with Crippen LogP contribution in [0, 0.1) is 6.92 Å². The fourth-order valence-corrected chi connectivity index (χ4v) is 2.49. The minimum Gasteiger partial charge on any atom is -0.481 e. The standard InChI is InChI=1S/C13H13NO2S/c1-9-3-2-4-10(5-9)6-12-14-11(8-17-12)7-13(15)16/h2-5,8H,6-7H2,1H3,(H,15,16). The predicted octanol–water partition coefficient (Wildman–Crippen LogP) is 2.67. The highest BCUT2D eigenvalue weighted by molar-refractivity contribution is 7.09. The van der Waals surface area contributed by atoms with Gasteiger partial charge in [-0.05, 0) is 12.5 Å². The molecule has 0 bridgehead atoms. The summed E-state index contributed by atoms with van der Waals surface area (Å²) in [6.45, 7) is 2.06. The molecule has 0 spiro atoms. The Labute approximate surface area is 104 Å². The minimum absolute atomic E-state index is 0.00428. The Morgan fingerprint density at radius 3 is 3.00 bits per heavy atom. The van der Waals surface area contributed by atoms with Gasteiger partial charge in [0.05, 0.1) is 17.1 Å². The zero-order chi connectivity index (χ0) is 12.3. The van der Waals surface area contributed by atoms with Gasteiger partial charge in [0.25, 0.3) is 0 Å². The van der Waals surface area contributed by atoms with Crippen molar-refractivity contribution in [1.82, 2.24) is 4.98 Å². The van der Waals surface area contributed by atoms with E-state index in [1.807, 2.05) is 11.4 Å². The molecule has 0 atom stereocenters. The van der Waals surface area contributed by atoms with Crippen molar-refractivity contribution < 1.29 is 9.90 Å². The molecular weight excluding hydrogens is 234 g/mol. The van der Waals surface area contributed by atoms with Crippen LogP contribution in [-0.2, 0) is 17.6 Å². The second kappa shape index (κ2) is 5.10. The van der Waals surface area contributed by atoms with Gasteiger partial charge in [-0.2, -0.15) is 0 Å². The molecule has 0 unspecified atom stereocenters. The lowest BCUT2D eigenvalue weighted by Gasteiger charge is -1.99. The van der Waals surface area contributed by atoms with Crippen LogP contribution in [0.1, 0.15) is 21.8 Å². The van der Waals surface area contributed by atoms with E-state index in [0.29, 0.717) is 5.69 Å². The number of aromatic nitrogens is 1. The van der Waals surface area contributed by atoms with Crippen LogP contribution < -0.4 is 0 Å². The fourth-order valence-electron chi connectivity index (χ4n) is 1.66. The number of carboxylic acid groups (broad SMARTS) is 1. The molecule has 0 saturated heterocycles. The summed E-state index contributed by atoms with van der Waals surface area (Å²) < 4.78 is 0. The summed E-state index contributed by atoms with van der Waals surface area (Å²) in [5, 5.41) is 11.5. The molecule has 1 heterocycles. The van der Waals surface area contributed by atoms with E-state index in [1.165, 1.54) is 22.5 Å². The van der Waals surface area contributed by atoms with Gasteiger partial charge in [-0.3, -0.25) is 4.79 Å². The van der Waals surface area contributed by atoms with Crippen LogP contribution in [0.15, 0.2) is 29.6 Å². The van der Waals surface area contributed by atoms with E-state index in [-0.39, 0.29) is 6.42 Å². The van der Waals surface area contributed by atoms with Gasteiger partial charge < -0.3 is 5.11 Å². The first-order valence-corrected chi connectivity index (χ1v) is 6.22. The lowest BCUT2D eigenvalue weighted by atomic mass is 10.1. The number of aliphatic carboxylic acids is 1. The Hall–Kier alpha value is -1.68. The summed E-state index contributed by atoms with van der Waals surface area (Å²) in [5.41, 5.74) is 3.08. The number of rotatable bonds is 4. The summed E-state index contributed by atoms with van der Waals surface area (Å²) in [7, 11) is 0. The van der Waals surface area contributed by atoms with Crippen molar-refractivity contribution in [1.29, 1.82) is 0 Å². The molecule has 0 aliphatic heterocycles. The number of nitrogens with zero attached hydrogens (tertiary/aromatic N) is 1. The molecule has 3 nitrogen and oxygen atoms in total. The largest absolute Gasteiger partial charge is 0.481 e. The molecule has 4 heteroatoms. The maximum Gasteiger partial charge on any atom is 0.309 e. The van der Waals surface area contributed by atoms with Gasteiger partial charge in [0.15, 0.2) is 0 Å². The van der Waals surface area contributed by atoms with Gasteiger partial charge in [-0.15, -0.1) is 11.3 Å². The number of carboxylic acids is 1. The predicted molar refractivity (Wildman–Crippen MR) is 67.4 cm³/mol. The SMILES string of the molecule is Cc1cccc(Cc2nc(CC(=O)O)cs2)c1. The Morgan fingerprint density at radius 1 is 1.47 bits per heavy atom. The van der Waals surface area contributed by atoms with Crippen molar-refractivity contribution in [2.24, 2.45) is 0 Å². The van der Waals surface area contributed by atoms with E-state index in [4.69, 9.17) is 5.11 Å². The van der Waals surface area contributed by atoms with Crippen molar-refractivity contribution in [2.75, 3.05) is 0 Å². The zero-order valence-electron chi connectivity index (χ0n) is 9.51. The number of hydrogen-bond donors (Lipinski definition) is 1. The van der Waals surface area contributed by atoms with Crippen LogP contribution >= 0.6 is 11.3 Å². The average Bonchev–Trinajstić information content (AvgIpc) is 2.64. The summed E-state index contributed by atoms with van der Waals surface area (Å²) in [5.74, 6) is -0.836. The normalized spacial score (nSPS) is 10.4. The molecular formula is C13H13NO2S. The lowest BCUT2D eigenvalue weighted by Crippen LogP contribution is -2.00. The summed E-state index contributed by atoms with van der Waals surface area (Å²) >= 11 is 1.52. The summed E-state index contributed by atoms with van der Waals surface area (Å²) in [6, 6.07) is 8.27. The molecule has 0 amide bonds. The highest BCUT2D eigenvalue weighted by Gasteiger charge is 2.06. The zero-order valence-corrected chi connectivity index (χ0v) is 10.3. The molecule has 17 heavy (non-hydrogen) atoms. The summed E-state index contributed by atoms with van der Waals surface area (Å²) in [6.07, 6.45) is 0.774. The third kappa shape index (κ3) is 3.39. The fraction of sp³-hybridized carbons (Fsp3) is 0.231. The molecule has 1 aromatic heterocycles. The second-order valence-corrected chi connectivity index (χ2v) is 4.91. The van der Waals surface area contributed by atoms with Crippen LogP contribution in [0.3, 0.4) is 0 Å². The van der Waals surface area contributed by atoms with Crippen LogP contribution in [0.4, 0.5) is 0 Å². The first-order chi connectivity index (χ1) is 8.13. The van der Waals surface area contributed by atoms with Gasteiger partial charge in [-0.25, -0.2) is 4.98 Å². The molecule has 1 aromatic carbocycles. The van der Waals surface area contributed by atoms with Crippen LogP contribution in [0.5, 0.6) is 0 Å². The van der Waals surface area contributed by atoms with E-state index >= 15 is 0 Å². The quantitative estimate of drug-likeness (QED) is 0.903. The summed E-state index contributed by atoms with van der Waals surface area (Å²) in [4.78, 5) is 14.9. The Kier molecular flexibility index (Phi) is 3.54. The highest BCUT2D eigenvalue weighted by Crippen LogP contribution is 2.16. The first kappa shape index (κ1) is 11.8. The first-order valence-electron chi connectivity index (χ1n) is 5.34. The van der Waals surface area contributed by atoms with E-state index in [9.17, 15) is 4.79 Å². The van der Waals surface area contributed by atoms with Crippen molar-refractivity contribution >= 4 is 17.3 Å². The third-order valence-electron chi connectivity index (χ3n) is 2.37. The molecule has 0 aliphatic rings. The van der Waals surface area contributed by atoms with E-state index < -0.39 is 5.97 Å². The van der Waals surface area contributed by atoms with Gasteiger partial charge >= 0.3 is 5.97 Å². The average molecular weight is 247 g/mol. The number of carbonyl (C=O) groups is 1. The van der Waals surface area contributed by atoms with E-state index in [0.717, 1.165) is 11.4 Å². The van der Waals surface area contributed by atoms with E-state index in [1.54, 1.807) is 0 Å². The van der Waals surface area contributed by atoms with Crippen molar-refractivity contribution in [3.8, 4) is 0 Å². The number of aryl methyl sites for hydroxylation is 1. The molecule has 0 saturated carbocycles. The smallest absolute Gasteiger partial charge is 0.309 e. The van der Waals surface area contributed by atoms with Gasteiger partial charge in [0, 0.05) is 11.8 Å². The molecule has 2 aromatic rings. The Balaban J connectivity index is 2.08.